The Morgan fingerprint density at radius 3 is 1.54 bits per heavy atom. The van der Waals surface area contributed by atoms with E-state index in [1.54, 1.807) is 24.3 Å². The van der Waals surface area contributed by atoms with E-state index in [1.165, 1.54) is 70.6 Å². The van der Waals surface area contributed by atoms with E-state index in [0.29, 0.717) is 12.2 Å². The average Bonchev–Trinajstić information content (AvgIpc) is 2.62. The first kappa shape index (κ1) is 23.0. The van der Waals surface area contributed by atoms with Crippen LogP contribution in [0.25, 0.3) is 0 Å². The predicted octanol–water partition coefficient (Wildman–Crippen LogP) is 6.88. The molecule has 0 N–H and O–H groups in total. The highest BCUT2D eigenvalue weighted by molar-refractivity contribution is 7.87. The summed E-state index contributed by atoms with van der Waals surface area (Å²) in [6.07, 6.45) is 17.7. The Morgan fingerprint density at radius 2 is 1.08 bits per heavy atom. The standard InChI is InChI=1S/C22H38O3S/c1-2-3-4-5-6-7-8-9-10-11-12-13-14-18-21-26(23,24)25-22-19-16-15-17-20-22/h15-17,19-20H,2-14,18,21H2,1H3. The molecule has 0 atom stereocenters. The number of hydrogen-bond acceptors (Lipinski definition) is 3. The Hall–Kier alpha value is -1.03. The van der Waals surface area contributed by atoms with Gasteiger partial charge in [0, 0.05) is 0 Å². The smallest absolute Gasteiger partial charge is 0.309 e. The van der Waals surface area contributed by atoms with Gasteiger partial charge in [0.25, 0.3) is 0 Å². The second-order valence-corrected chi connectivity index (χ2v) is 8.94. The van der Waals surface area contributed by atoms with Crippen LogP contribution in [0.3, 0.4) is 0 Å². The van der Waals surface area contributed by atoms with Crippen LogP contribution in [-0.4, -0.2) is 14.2 Å². The number of para-hydroxylation sites is 1. The summed E-state index contributed by atoms with van der Waals surface area (Å²) in [6, 6.07) is 8.73. The zero-order valence-corrected chi connectivity index (χ0v) is 17.4. The molecule has 0 aromatic heterocycles. The van der Waals surface area contributed by atoms with E-state index in [9.17, 15) is 8.42 Å². The molecular weight excluding hydrogens is 344 g/mol. The van der Waals surface area contributed by atoms with Gasteiger partial charge in [-0.3, -0.25) is 0 Å². The first-order chi connectivity index (χ1) is 12.6. The molecule has 0 spiro atoms. The topological polar surface area (TPSA) is 43.4 Å². The van der Waals surface area contributed by atoms with Gasteiger partial charge in [0.05, 0.1) is 5.75 Å². The zero-order chi connectivity index (χ0) is 18.9. The number of benzene rings is 1. The van der Waals surface area contributed by atoms with Crippen molar-refractivity contribution in [1.29, 1.82) is 0 Å². The molecule has 0 aliphatic carbocycles. The van der Waals surface area contributed by atoms with Crippen LogP contribution in [0.15, 0.2) is 30.3 Å². The van der Waals surface area contributed by atoms with E-state index in [-0.39, 0.29) is 5.75 Å². The Bertz CT molecular complexity index is 526. The minimum absolute atomic E-state index is 0.111. The molecule has 0 saturated carbocycles. The molecule has 0 aliphatic rings. The Kier molecular flexibility index (Phi) is 13.3. The lowest BCUT2D eigenvalue weighted by atomic mass is 10.0. The molecule has 3 nitrogen and oxygen atoms in total. The summed E-state index contributed by atoms with van der Waals surface area (Å²) in [5.41, 5.74) is 0. The zero-order valence-electron chi connectivity index (χ0n) is 16.6. The van der Waals surface area contributed by atoms with Crippen molar-refractivity contribution in [3.63, 3.8) is 0 Å². The second-order valence-electron chi connectivity index (χ2n) is 7.25. The van der Waals surface area contributed by atoms with Crippen LogP contribution in [0.1, 0.15) is 96.8 Å². The van der Waals surface area contributed by atoms with Crippen LogP contribution >= 0.6 is 0 Å². The van der Waals surface area contributed by atoms with Gasteiger partial charge >= 0.3 is 10.1 Å². The fraction of sp³-hybridized carbons (Fsp3) is 0.727. The molecule has 1 aromatic carbocycles. The number of hydrogen-bond donors (Lipinski definition) is 0. The van der Waals surface area contributed by atoms with Gasteiger partial charge in [0.2, 0.25) is 0 Å². The molecule has 4 heteroatoms. The summed E-state index contributed by atoms with van der Waals surface area (Å²) >= 11 is 0. The maximum atomic E-state index is 11.9. The number of rotatable bonds is 17. The maximum Gasteiger partial charge on any atom is 0.309 e. The van der Waals surface area contributed by atoms with E-state index in [4.69, 9.17) is 4.18 Å². The minimum atomic E-state index is -3.45. The van der Waals surface area contributed by atoms with Gasteiger partial charge in [0.1, 0.15) is 5.75 Å². The summed E-state index contributed by atoms with van der Waals surface area (Å²) in [4.78, 5) is 0. The minimum Gasteiger partial charge on any atom is -0.382 e. The largest absolute Gasteiger partial charge is 0.382 e. The molecule has 0 heterocycles. The molecule has 0 saturated heterocycles. The lowest BCUT2D eigenvalue weighted by molar-refractivity contribution is 0.481. The van der Waals surface area contributed by atoms with Crippen molar-refractivity contribution in [2.24, 2.45) is 0 Å². The quantitative estimate of drug-likeness (QED) is 0.218. The molecule has 0 aliphatic heterocycles. The maximum absolute atomic E-state index is 11.9. The highest BCUT2D eigenvalue weighted by Gasteiger charge is 2.11. The van der Waals surface area contributed by atoms with Crippen LogP contribution in [0, 0.1) is 0 Å². The normalized spacial score (nSPS) is 11.6. The summed E-state index contributed by atoms with van der Waals surface area (Å²) in [6.45, 7) is 2.26. The van der Waals surface area contributed by atoms with Gasteiger partial charge in [-0.05, 0) is 18.6 Å². The molecule has 0 amide bonds. The van der Waals surface area contributed by atoms with Gasteiger partial charge in [-0.25, -0.2) is 0 Å². The molecule has 1 aromatic rings. The average molecular weight is 383 g/mol. The van der Waals surface area contributed by atoms with Crippen molar-refractivity contribution in [3.8, 4) is 5.75 Å². The molecule has 0 unspecified atom stereocenters. The fourth-order valence-electron chi connectivity index (χ4n) is 3.14. The summed E-state index contributed by atoms with van der Waals surface area (Å²) in [7, 11) is -3.45. The van der Waals surface area contributed by atoms with Crippen LogP contribution < -0.4 is 4.18 Å². The fourth-order valence-corrected chi connectivity index (χ4v) is 4.18. The summed E-state index contributed by atoms with van der Waals surface area (Å²) in [5, 5.41) is 0. The van der Waals surface area contributed by atoms with Crippen LogP contribution in [-0.2, 0) is 10.1 Å². The van der Waals surface area contributed by atoms with Gasteiger partial charge < -0.3 is 4.18 Å². The van der Waals surface area contributed by atoms with Gasteiger partial charge in [0.15, 0.2) is 0 Å². The van der Waals surface area contributed by atoms with E-state index >= 15 is 0 Å². The molecule has 0 radical (unpaired) electrons. The van der Waals surface area contributed by atoms with E-state index < -0.39 is 10.1 Å². The lowest BCUT2D eigenvalue weighted by Gasteiger charge is -2.06. The van der Waals surface area contributed by atoms with Gasteiger partial charge in [-0.1, -0.05) is 109 Å². The molecule has 0 fully saturated rings. The Morgan fingerprint density at radius 1 is 0.654 bits per heavy atom. The molecule has 150 valence electrons. The van der Waals surface area contributed by atoms with Crippen LogP contribution in [0.2, 0.25) is 0 Å². The van der Waals surface area contributed by atoms with Crippen LogP contribution in [0.4, 0.5) is 0 Å². The highest BCUT2D eigenvalue weighted by atomic mass is 32.2. The van der Waals surface area contributed by atoms with E-state index in [1.807, 2.05) is 6.07 Å². The van der Waals surface area contributed by atoms with E-state index in [0.717, 1.165) is 12.8 Å². The molecular formula is C22H38O3S. The number of unbranched alkanes of at least 4 members (excludes halogenated alkanes) is 13. The predicted molar refractivity (Wildman–Crippen MR) is 111 cm³/mol. The summed E-state index contributed by atoms with van der Waals surface area (Å²) < 4.78 is 28.9. The Labute approximate surface area is 161 Å². The van der Waals surface area contributed by atoms with Crippen molar-refractivity contribution in [3.05, 3.63) is 30.3 Å². The van der Waals surface area contributed by atoms with Gasteiger partial charge in [-0.15, -0.1) is 0 Å². The Balaban J connectivity index is 1.88. The van der Waals surface area contributed by atoms with Crippen molar-refractivity contribution >= 4 is 10.1 Å². The lowest BCUT2D eigenvalue weighted by Crippen LogP contribution is -2.13. The van der Waals surface area contributed by atoms with Gasteiger partial charge in [-0.2, -0.15) is 8.42 Å². The summed E-state index contributed by atoms with van der Waals surface area (Å²) in [5.74, 6) is 0.512. The van der Waals surface area contributed by atoms with Crippen molar-refractivity contribution in [1.82, 2.24) is 0 Å². The third-order valence-corrected chi connectivity index (χ3v) is 5.95. The highest BCUT2D eigenvalue weighted by Crippen LogP contribution is 2.15. The molecule has 26 heavy (non-hydrogen) atoms. The van der Waals surface area contributed by atoms with Crippen molar-refractivity contribution < 1.29 is 12.6 Å². The van der Waals surface area contributed by atoms with Crippen molar-refractivity contribution in [2.75, 3.05) is 5.75 Å². The first-order valence-corrected chi connectivity index (χ1v) is 12.2. The third kappa shape index (κ3) is 13.2. The second kappa shape index (κ2) is 15.1. The van der Waals surface area contributed by atoms with Crippen LogP contribution in [0.5, 0.6) is 5.75 Å². The SMILES string of the molecule is CCCCCCCCCCCCCCCCS(=O)(=O)Oc1ccccc1. The van der Waals surface area contributed by atoms with E-state index in [2.05, 4.69) is 6.92 Å². The van der Waals surface area contributed by atoms with Crippen molar-refractivity contribution in [2.45, 2.75) is 96.8 Å². The first-order valence-electron chi connectivity index (χ1n) is 10.6. The monoisotopic (exact) mass is 382 g/mol. The third-order valence-electron chi connectivity index (χ3n) is 4.71. The molecule has 1 rings (SSSR count). The molecule has 0 bridgehead atoms.